The second-order valence-electron chi connectivity index (χ2n) is 6.98. The van der Waals surface area contributed by atoms with E-state index in [0.717, 1.165) is 36.3 Å². The molecule has 2 heterocycles. The molecule has 1 aromatic carbocycles. The van der Waals surface area contributed by atoms with Crippen LogP contribution in [0.25, 0.3) is 0 Å². The summed E-state index contributed by atoms with van der Waals surface area (Å²) < 4.78 is 0. The van der Waals surface area contributed by atoms with Crippen molar-refractivity contribution in [2.75, 3.05) is 25.0 Å². The molecular weight excluding hydrogens is 274 g/mol. The Kier molecular flexibility index (Phi) is 4.50. The van der Waals surface area contributed by atoms with Crippen LogP contribution in [-0.2, 0) is 4.79 Å². The van der Waals surface area contributed by atoms with E-state index >= 15 is 0 Å². The first-order chi connectivity index (χ1) is 10.5. The minimum absolute atomic E-state index is 0.104. The van der Waals surface area contributed by atoms with Gasteiger partial charge in [0.05, 0.1) is 6.54 Å². The maximum atomic E-state index is 12.4. The zero-order valence-corrected chi connectivity index (χ0v) is 13.9. The fraction of sp³-hybridized carbons (Fsp3) is 0.611. The summed E-state index contributed by atoms with van der Waals surface area (Å²) in [5, 5.41) is 6.77. The number of anilines is 1. The molecule has 4 nitrogen and oxygen atoms in total. The molecule has 2 fully saturated rings. The van der Waals surface area contributed by atoms with Gasteiger partial charge in [0, 0.05) is 30.9 Å². The molecule has 120 valence electrons. The molecule has 2 atom stereocenters. The summed E-state index contributed by atoms with van der Waals surface area (Å²) in [6, 6.07) is 5.48. The Bertz CT molecular complexity index is 546. The lowest BCUT2D eigenvalue weighted by Gasteiger charge is -2.23. The lowest BCUT2D eigenvalue weighted by atomic mass is 10.1. The minimum Gasteiger partial charge on any atom is -0.324 e. The number of hydrogen-bond acceptors (Lipinski definition) is 3. The number of nitrogens with zero attached hydrogens (tertiary/aromatic N) is 1. The van der Waals surface area contributed by atoms with Crippen molar-refractivity contribution in [1.29, 1.82) is 0 Å². The van der Waals surface area contributed by atoms with Crippen molar-refractivity contribution in [3.8, 4) is 0 Å². The maximum Gasteiger partial charge on any atom is 0.238 e. The summed E-state index contributed by atoms with van der Waals surface area (Å²) in [4.78, 5) is 14.7. The Hall–Kier alpha value is -1.39. The Morgan fingerprint density at radius 3 is 2.59 bits per heavy atom. The van der Waals surface area contributed by atoms with Crippen LogP contribution in [0.3, 0.4) is 0 Å². The molecule has 2 saturated heterocycles. The van der Waals surface area contributed by atoms with E-state index < -0.39 is 0 Å². The van der Waals surface area contributed by atoms with Crippen molar-refractivity contribution >= 4 is 11.6 Å². The summed E-state index contributed by atoms with van der Waals surface area (Å²) in [5.41, 5.74) is 4.50. The van der Waals surface area contributed by atoms with Crippen LogP contribution in [0.2, 0.25) is 0 Å². The molecule has 2 N–H and O–H groups in total. The lowest BCUT2D eigenvalue weighted by molar-refractivity contribution is -0.117. The molecular formula is C18H27N3O. The topological polar surface area (TPSA) is 44.4 Å². The highest BCUT2D eigenvalue weighted by Crippen LogP contribution is 2.23. The van der Waals surface area contributed by atoms with Gasteiger partial charge >= 0.3 is 0 Å². The number of benzene rings is 1. The van der Waals surface area contributed by atoms with E-state index in [0.29, 0.717) is 18.6 Å². The fourth-order valence-electron chi connectivity index (χ4n) is 3.92. The van der Waals surface area contributed by atoms with E-state index in [-0.39, 0.29) is 5.91 Å². The SMILES string of the molecule is Cc1cc(C)c(NC(=O)CN2CCC3CCC(C2)N3)c(C)c1. The van der Waals surface area contributed by atoms with Crippen LogP contribution in [0.15, 0.2) is 12.1 Å². The monoisotopic (exact) mass is 301 g/mol. The molecule has 2 aliphatic rings. The minimum atomic E-state index is 0.104. The van der Waals surface area contributed by atoms with Crippen molar-refractivity contribution < 1.29 is 4.79 Å². The van der Waals surface area contributed by atoms with E-state index in [1.165, 1.54) is 18.4 Å². The second kappa shape index (κ2) is 6.39. The Morgan fingerprint density at radius 1 is 1.18 bits per heavy atom. The predicted molar refractivity (Wildman–Crippen MR) is 90.3 cm³/mol. The molecule has 1 amide bonds. The third-order valence-corrected chi connectivity index (χ3v) is 4.92. The van der Waals surface area contributed by atoms with Crippen molar-refractivity contribution in [2.45, 2.75) is 52.1 Å². The number of carbonyl (C=O) groups is 1. The molecule has 22 heavy (non-hydrogen) atoms. The van der Waals surface area contributed by atoms with Gasteiger partial charge in [-0.05, 0) is 51.2 Å². The number of rotatable bonds is 3. The van der Waals surface area contributed by atoms with Crippen molar-refractivity contribution in [3.63, 3.8) is 0 Å². The van der Waals surface area contributed by atoms with E-state index in [4.69, 9.17) is 0 Å². The zero-order valence-electron chi connectivity index (χ0n) is 13.9. The smallest absolute Gasteiger partial charge is 0.238 e. The summed E-state index contributed by atoms with van der Waals surface area (Å²) in [6.07, 6.45) is 3.71. The van der Waals surface area contributed by atoms with Crippen LogP contribution >= 0.6 is 0 Å². The van der Waals surface area contributed by atoms with Gasteiger partial charge in [0.2, 0.25) is 5.91 Å². The molecule has 0 radical (unpaired) electrons. The molecule has 0 spiro atoms. The van der Waals surface area contributed by atoms with Gasteiger partial charge in [-0.25, -0.2) is 0 Å². The van der Waals surface area contributed by atoms with Crippen LogP contribution < -0.4 is 10.6 Å². The van der Waals surface area contributed by atoms with Crippen molar-refractivity contribution in [2.24, 2.45) is 0 Å². The molecule has 2 unspecified atom stereocenters. The van der Waals surface area contributed by atoms with Gasteiger partial charge in [-0.15, -0.1) is 0 Å². The first kappa shape index (κ1) is 15.5. The third-order valence-electron chi connectivity index (χ3n) is 4.92. The Labute approximate surface area is 133 Å². The largest absolute Gasteiger partial charge is 0.324 e. The van der Waals surface area contributed by atoms with Gasteiger partial charge in [0.15, 0.2) is 0 Å². The maximum absolute atomic E-state index is 12.4. The van der Waals surface area contributed by atoms with E-state index in [1.807, 2.05) is 0 Å². The summed E-state index contributed by atoms with van der Waals surface area (Å²) in [5.74, 6) is 0.104. The molecule has 1 aromatic rings. The normalized spacial score (nSPS) is 25.0. The van der Waals surface area contributed by atoms with E-state index in [1.54, 1.807) is 0 Å². The highest BCUT2D eigenvalue weighted by atomic mass is 16.2. The third kappa shape index (κ3) is 3.50. The van der Waals surface area contributed by atoms with Gasteiger partial charge in [0.25, 0.3) is 0 Å². The molecule has 0 saturated carbocycles. The average molecular weight is 301 g/mol. The zero-order chi connectivity index (χ0) is 15.7. The summed E-state index contributed by atoms with van der Waals surface area (Å²) in [6.45, 7) is 8.72. The Morgan fingerprint density at radius 2 is 1.86 bits per heavy atom. The van der Waals surface area contributed by atoms with E-state index in [9.17, 15) is 4.79 Å². The molecule has 2 bridgehead atoms. The van der Waals surface area contributed by atoms with Crippen LogP contribution in [0.1, 0.15) is 36.0 Å². The quantitative estimate of drug-likeness (QED) is 0.901. The van der Waals surface area contributed by atoms with Gasteiger partial charge < -0.3 is 10.6 Å². The number of nitrogens with one attached hydrogen (secondary N) is 2. The molecule has 0 aromatic heterocycles. The van der Waals surface area contributed by atoms with Gasteiger partial charge in [-0.1, -0.05) is 17.7 Å². The van der Waals surface area contributed by atoms with Crippen molar-refractivity contribution in [1.82, 2.24) is 10.2 Å². The number of aryl methyl sites for hydroxylation is 3. The summed E-state index contributed by atoms with van der Waals surface area (Å²) >= 11 is 0. The molecule has 0 aliphatic carbocycles. The number of carbonyl (C=O) groups excluding carboxylic acids is 1. The standard InChI is InChI=1S/C18H27N3O/c1-12-8-13(2)18(14(3)9-12)20-17(22)11-21-7-6-15-4-5-16(10-21)19-15/h8-9,15-16,19H,4-7,10-11H2,1-3H3,(H,20,22). The van der Waals surface area contributed by atoms with E-state index in [2.05, 4.69) is 48.4 Å². The number of likely N-dealkylation sites (tertiary alicyclic amines) is 1. The highest BCUT2D eigenvalue weighted by Gasteiger charge is 2.29. The Balaban J connectivity index is 1.61. The first-order valence-corrected chi connectivity index (χ1v) is 8.37. The first-order valence-electron chi connectivity index (χ1n) is 8.37. The number of hydrogen-bond donors (Lipinski definition) is 2. The van der Waals surface area contributed by atoms with Crippen LogP contribution in [0.5, 0.6) is 0 Å². The highest BCUT2D eigenvalue weighted by molar-refractivity contribution is 5.93. The lowest BCUT2D eigenvalue weighted by Crippen LogP contribution is -2.39. The van der Waals surface area contributed by atoms with Crippen LogP contribution in [-0.4, -0.2) is 42.5 Å². The van der Waals surface area contributed by atoms with Gasteiger partial charge in [-0.3, -0.25) is 9.69 Å². The van der Waals surface area contributed by atoms with Crippen LogP contribution in [0.4, 0.5) is 5.69 Å². The van der Waals surface area contributed by atoms with Crippen molar-refractivity contribution in [3.05, 3.63) is 28.8 Å². The van der Waals surface area contributed by atoms with Gasteiger partial charge in [-0.2, -0.15) is 0 Å². The van der Waals surface area contributed by atoms with Crippen LogP contribution in [0, 0.1) is 20.8 Å². The second-order valence-corrected chi connectivity index (χ2v) is 6.98. The molecule has 4 heteroatoms. The molecule has 3 rings (SSSR count). The van der Waals surface area contributed by atoms with Gasteiger partial charge in [0.1, 0.15) is 0 Å². The number of amides is 1. The molecule has 2 aliphatic heterocycles. The summed E-state index contributed by atoms with van der Waals surface area (Å²) in [7, 11) is 0. The average Bonchev–Trinajstić information content (AvgIpc) is 2.77. The predicted octanol–water partition coefficient (Wildman–Crippen LogP) is 2.38. The number of fused-ring (bicyclic) bond motifs is 2. The fourth-order valence-corrected chi connectivity index (χ4v) is 3.92.